The molecule has 0 radical (unpaired) electrons. The Morgan fingerprint density at radius 2 is 2.09 bits per heavy atom. The van der Waals surface area contributed by atoms with Crippen LogP contribution >= 0.6 is 0 Å². The Hall–Kier alpha value is -3.93. The van der Waals surface area contributed by atoms with Crippen molar-refractivity contribution in [1.29, 1.82) is 5.26 Å². The molecule has 1 saturated heterocycles. The Kier molecular flexibility index (Phi) is 5.77. The van der Waals surface area contributed by atoms with Crippen LogP contribution in [0.4, 0.5) is 10.6 Å². The maximum Gasteiger partial charge on any atom is 0.410 e. The van der Waals surface area contributed by atoms with E-state index in [9.17, 15) is 10.1 Å². The van der Waals surface area contributed by atoms with Gasteiger partial charge in [-0.25, -0.2) is 19.7 Å². The van der Waals surface area contributed by atoms with E-state index < -0.39 is 5.60 Å². The molecular formula is C24H27N7O2. The molecule has 1 fully saturated rings. The van der Waals surface area contributed by atoms with Gasteiger partial charge in [0.25, 0.3) is 0 Å². The molecular weight excluding hydrogens is 418 g/mol. The number of rotatable bonds is 3. The Morgan fingerprint density at radius 3 is 2.76 bits per heavy atom. The molecule has 1 atom stereocenters. The summed E-state index contributed by atoms with van der Waals surface area (Å²) >= 11 is 0. The number of hydrogen-bond donors (Lipinski definition) is 0. The van der Waals surface area contributed by atoms with Crippen molar-refractivity contribution < 1.29 is 9.53 Å². The topological polar surface area (TPSA) is 100 Å². The summed E-state index contributed by atoms with van der Waals surface area (Å²) in [7, 11) is 0. The molecule has 0 saturated carbocycles. The average molecular weight is 446 g/mol. The molecule has 4 heterocycles. The number of pyridine rings is 1. The number of aromatic nitrogens is 4. The highest BCUT2D eigenvalue weighted by Crippen LogP contribution is 2.32. The van der Waals surface area contributed by atoms with Crippen LogP contribution in [0.3, 0.4) is 0 Å². The first-order chi connectivity index (χ1) is 15.7. The first-order valence-electron chi connectivity index (χ1n) is 10.8. The van der Waals surface area contributed by atoms with Crippen LogP contribution in [0.2, 0.25) is 0 Å². The predicted molar refractivity (Wildman–Crippen MR) is 126 cm³/mol. The van der Waals surface area contributed by atoms with Crippen LogP contribution in [-0.2, 0) is 4.74 Å². The van der Waals surface area contributed by atoms with Crippen molar-refractivity contribution in [2.45, 2.75) is 39.3 Å². The summed E-state index contributed by atoms with van der Waals surface area (Å²) < 4.78 is 7.39. The van der Waals surface area contributed by atoms with Crippen LogP contribution in [0, 0.1) is 11.3 Å². The molecule has 0 spiro atoms. The summed E-state index contributed by atoms with van der Waals surface area (Å²) in [6, 6.07) is 5.55. The lowest BCUT2D eigenvalue weighted by Crippen LogP contribution is -2.54. The van der Waals surface area contributed by atoms with Crippen molar-refractivity contribution in [3.05, 3.63) is 48.6 Å². The van der Waals surface area contributed by atoms with Gasteiger partial charge in [-0.3, -0.25) is 4.57 Å². The van der Waals surface area contributed by atoms with Gasteiger partial charge < -0.3 is 14.5 Å². The van der Waals surface area contributed by atoms with Crippen LogP contribution in [-0.4, -0.2) is 61.8 Å². The Labute approximate surface area is 192 Å². The molecule has 3 aromatic rings. The molecule has 9 nitrogen and oxygen atoms in total. The number of carbonyl (C=O) groups excluding carboxylic acids is 1. The highest BCUT2D eigenvalue weighted by molar-refractivity contribution is 5.96. The number of hydrogen-bond acceptors (Lipinski definition) is 7. The molecule has 1 unspecified atom stereocenters. The van der Waals surface area contributed by atoms with E-state index >= 15 is 0 Å². The van der Waals surface area contributed by atoms with E-state index in [1.54, 1.807) is 29.3 Å². The monoisotopic (exact) mass is 445 g/mol. The maximum absolute atomic E-state index is 12.5. The van der Waals surface area contributed by atoms with Crippen molar-refractivity contribution in [3.8, 4) is 11.9 Å². The van der Waals surface area contributed by atoms with E-state index in [-0.39, 0.29) is 12.1 Å². The van der Waals surface area contributed by atoms with Gasteiger partial charge in [-0.05, 0) is 39.8 Å². The molecule has 1 aliphatic heterocycles. The lowest BCUT2D eigenvalue weighted by molar-refractivity contribution is 0.0218. The fourth-order valence-corrected chi connectivity index (χ4v) is 4.00. The van der Waals surface area contributed by atoms with Gasteiger partial charge >= 0.3 is 6.09 Å². The molecule has 1 aliphatic rings. The van der Waals surface area contributed by atoms with Crippen molar-refractivity contribution in [1.82, 2.24) is 24.4 Å². The minimum absolute atomic E-state index is 0.0189. The van der Waals surface area contributed by atoms with Crippen molar-refractivity contribution in [2.24, 2.45) is 0 Å². The maximum atomic E-state index is 12.5. The standard InChI is InChI=1S/C24H27N7O2/c1-6-18-14-31(19-11-17(12-25)7-8-26-19)22-20(18)21(27-15-28-22)30-10-9-29(13-16(30)2)23(32)33-24(3,4)5/h6-8,11,14-16H,1,9-10,13H2,2-5H3. The van der Waals surface area contributed by atoms with E-state index in [4.69, 9.17) is 4.74 Å². The summed E-state index contributed by atoms with van der Waals surface area (Å²) in [6.45, 7) is 13.3. The minimum atomic E-state index is -0.533. The zero-order valence-electron chi connectivity index (χ0n) is 19.3. The lowest BCUT2D eigenvalue weighted by Gasteiger charge is -2.41. The quantitative estimate of drug-likeness (QED) is 0.605. The Morgan fingerprint density at radius 1 is 1.30 bits per heavy atom. The van der Waals surface area contributed by atoms with Gasteiger partial charge in [0.1, 0.15) is 23.6 Å². The van der Waals surface area contributed by atoms with E-state index in [1.165, 1.54) is 6.33 Å². The largest absolute Gasteiger partial charge is 0.444 e. The number of ether oxygens (including phenoxy) is 1. The molecule has 0 aliphatic carbocycles. The van der Waals surface area contributed by atoms with Gasteiger partial charge in [-0.1, -0.05) is 12.7 Å². The van der Waals surface area contributed by atoms with Crippen LogP contribution in [0.25, 0.3) is 22.9 Å². The second-order valence-electron chi connectivity index (χ2n) is 9.04. The zero-order chi connectivity index (χ0) is 23.8. The number of nitriles is 1. The normalized spacial score (nSPS) is 16.5. The number of anilines is 1. The average Bonchev–Trinajstić information content (AvgIpc) is 3.17. The highest BCUT2D eigenvalue weighted by atomic mass is 16.6. The van der Waals surface area contributed by atoms with Gasteiger partial charge in [0.2, 0.25) is 0 Å². The van der Waals surface area contributed by atoms with E-state index in [0.717, 1.165) is 16.8 Å². The van der Waals surface area contributed by atoms with Gasteiger partial charge in [-0.2, -0.15) is 5.26 Å². The van der Waals surface area contributed by atoms with Crippen LogP contribution in [0.15, 0.2) is 37.4 Å². The smallest absolute Gasteiger partial charge is 0.410 e. The van der Waals surface area contributed by atoms with Gasteiger partial charge in [0.05, 0.1) is 17.0 Å². The number of fused-ring (bicyclic) bond motifs is 1. The SMILES string of the molecule is C=Cc1cn(-c2cc(C#N)ccn2)c2ncnc(N3CCN(C(=O)OC(C)(C)C)CC3C)c12. The summed E-state index contributed by atoms with van der Waals surface area (Å²) in [5.41, 5.74) is 1.53. The molecule has 0 N–H and O–H groups in total. The van der Waals surface area contributed by atoms with Crippen molar-refractivity contribution in [3.63, 3.8) is 0 Å². The number of amides is 1. The van der Waals surface area contributed by atoms with Crippen LogP contribution in [0.1, 0.15) is 38.8 Å². The van der Waals surface area contributed by atoms with Crippen molar-refractivity contribution >= 4 is 29.0 Å². The third-order valence-corrected chi connectivity index (χ3v) is 5.48. The van der Waals surface area contributed by atoms with E-state index in [1.807, 2.05) is 31.5 Å². The molecule has 3 aromatic heterocycles. The molecule has 9 heteroatoms. The molecule has 1 amide bonds. The van der Waals surface area contributed by atoms with Gasteiger partial charge in [0.15, 0.2) is 5.65 Å². The molecule has 170 valence electrons. The van der Waals surface area contributed by atoms with E-state index in [2.05, 4.69) is 39.4 Å². The summed E-state index contributed by atoms with van der Waals surface area (Å²) in [4.78, 5) is 30.0. The number of carbonyl (C=O) groups is 1. The van der Waals surface area contributed by atoms with E-state index in [0.29, 0.717) is 36.7 Å². The minimum Gasteiger partial charge on any atom is -0.444 e. The fraction of sp³-hybridized carbons (Fsp3) is 0.375. The number of nitrogens with zero attached hydrogens (tertiary/aromatic N) is 7. The second-order valence-corrected chi connectivity index (χ2v) is 9.04. The first-order valence-corrected chi connectivity index (χ1v) is 10.8. The lowest BCUT2D eigenvalue weighted by atomic mass is 10.1. The third-order valence-electron chi connectivity index (χ3n) is 5.48. The summed E-state index contributed by atoms with van der Waals surface area (Å²) in [5, 5.41) is 10.1. The predicted octanol–water partition coefficient (Wildman–Crippen LogP) is 3.78. The molecule has 33 heavy (non-hydrogen) atoms. The first kappa shape index (κ1) is 22.3. The van der Waals surface area contributed by atoms with Crippen molar-refractivity contribution in [2.75, 3.05) is 24.5 Å². The Bertz CT molecular complexity index is 1250. The Balaban J connectivity index is 1.70. The summed E-state index contributed by atoms with van der Waals surface area (Å²) in [6.07, 6.45) is 6.50. The molecule has 0 bridgehead atoms. The highest BCUT2D eigenvalue weighted by Gasteiger charge is 2.32. The second kappa shape index (κ2) is 8.54. The third kappa shape index (κ3) is 4.37. The van der Waals surface area contributed by atoms with Crippen LogP contribution in [0.5, 0.6) is 0 Å². The fourth-order valence-electron chi connectivity index (χ4n) is 4.00. The van der Waals surface area contributed by atoms with Crippen LogP contribution < -0.4 is 4.90 Å². The zero-order valence-corrected chi connectivity index (χ0v) is 19.3. The number of piperazine rings is 1. The molecule has 0 aromatic carbocycles. The van der Waals surface area contributed by atoms with Gasteiger partial charge in [0, 0.05) is 43.6 Å². The van der Waals surface area contributed by atoms with Gasteiger partial charge in [-0.15, -0.1) is 0 Å². The summed E-state index contributed by atoms with van der Waals surface area (Å²) in [5.74, 6) is 1.38. The molecule has 4 rings (SSSR count).